The average Bonchev–Trinajstić information content (AvgIpc) is 2.47. The molecule has 5 nitrogen and oxygen atoms in total. The van der Waals surface area contributed by atoms with Crippen molar-refractivity contribution < 1.29 is 4.74 Å². The van der Waals surface area contributed by atoms with Gasteiger partial charge in [-0.15, -0.1) is 0 Å². The quantitative estimate of drug-likeness (QED) is 0.912. The Balaban J connectivity index is 2.28. The molecule has 0 saturated carbocycles. The Morgan fingerprint density at radius 3 is 2.57 bits per heavy atom. The second kappa shape index (κ2) is 6.52. The number of hydrogen-bond donors (Lipinski definition) is 1. The molecule has 0 fully saturated rings. The summed E-state index contributed by atoms with van der Waals surface area (Å²) in [7, 11) is 1.60. The second-order valence-electron chi connectivity index (χ2n) is 6.16. The van der Waals surface area contributed by atoms with Crippen molar-refractivity contribution in [1.29, 1.82) is 0 Å². The van der Waals surface area contributed by atoms with Gasteiger partial charge < -0.3 is 10.1 Å². The lowest BCUT2D eigenvalue weighted by atomic mass is 9.86. The minimum Gasteiger partial charge on any atom is -0.478 e. The van der Waals surface area contributed by atoms with Gasteiger partial charge in [0.2, 0.25) is 0 Å². The molecule has 2 aromatic rings. The molecule has 0 amide bonds. The highest BCUT2D eigenvalue weighted by atomic mass is 16.5. The molecule has 1 atom stereocenters. The van der Waals surface area contributed by atoms with Gasteiger partial charge in [0, 0.05) is 24.8 Å². The van der Waals surface area contributed by atoms with Crippen molar-refractivity contribution in [3.8, 4) is 5.88 Å². The van der Waals surface area contributed by atoms with E-state index in [0.29, 0.717) is 11.7 Å². The summed E-state index contributed by atoms with van der Waals surface area (Å²) in [5.74, 6) is 1.15. The number of aromatic nitrogens is 3. The zero-order chi connectivity index (χ0) is 15.3. The van der Waals surface area contributed by atoms with Gasteiger partial charge in [0.05, 0.1) is 13.2 Å². The molecule has 0 aliphatic heterocycles. The molecule has 0 spiro atoms. The molecule has 1 N–H and O–H groups in total. The van der Waals surface area contributed by atoms with Crippen molar-refractivity contribution in [3.63, 3.8) is 0 Å². The van der Waals surface area contributed by atoms with Gasteiger partial charge in [-0.1, -0.05) is 26.8 Å². The third-order valence-electron chi connectivity index (χ3n) is 3.07. The van der Waals surface area contributed by atoms with Crippen molar-refractivity contribution in [1.82, 2.24) is 15.0 Å². The lowest BCUT2D eigenvalue weighted by Gasteiger charge is -2.27. The number of rotatable bonds is 5. The molecule has 2 heterocycles. The Labute approximate surface area is 125 Å². The summed E-state index contributed by atoms with van der Waals surface area (Å²) >= 11 is 0. The van der Waals surface area contributed by atoms with E-state index >= 15 is 0 Å². The molecule has 0 aliphatic carbocycles. The van der Waals surface area contributed by atoms with Crippen LogP contribution in [0.25, 0.3) is 0 Å². The third kappa shape index (κ3) is 4.41. The molecule has 112 valence electrons. The van der Waals surface area contributed by atoms with Crippen molar-refractivity contribution in [2.75, 3.05) is 12.4 Å². The SMILES string of the molecule is COc1nccnc1NC(CC(C)(C)C)c1cccnc1. The van der Waals surface area contributed by atoms with E-state index in [1.807, 2.05) is 12.3 Å². The summed E-state index contributed by atoms with van der Waals surface area (Å²) in [6.07, 6.45) is 7.88. The minimum absolute atomic E-state index is 0.101. The number of methoxy groups -OCH3 is 1. The van der Waals surface area contributed by atoms with Crippen LogP contribution < -0.4 is 10.1 Å². The maximum absolute atomic E-state index is 5.26. The van der Waals surface area contributed by atoms with E-state index in [-0.39, 0.29) is 11.5 Å². The molecular weight excluding hydrogens is 264 g/mol. The molecular formula is C16H22N4O. The van der Waals surface area contributed by atoms with Gasteiger partial charge in [0.25, 0.3) is 5.88 Å². The van der Waals surface area contributed by atoms with Crippen LogP contribution in [-0.4, -0.2) is 22.1 Å². The highest BCUT2D eigenvalue weighted by molar-refractivity contribution is 5.46. The van der Waals surface area contributed by atoms with E-state index in [0.717, 1.165) is 12.0 Å². The predicted octanol–water partition coefficient (Wildman–Crippen LogP) is 3.47. The summed E-state index contributed by atoms with van der Waals surface area (Å²) < 4.78 is 5.26. The molecule has 2 aromatic heterocycles. The Hall–Kier alpha value is -2.17. The Morgan fingerprint density at radius 1 is 1.19 bits per heavy atom. The number of anilines is 1. The molecule has 0 bridgehead atoms. The number of pyridine rings is 1. The third-order valence-corrected chi connectivity index (χ3v) is 3.07. The smallest absolute Gasteiger partial charge is 0.257 e. The fourth-order valence-electron chi connectivity index (χ4n) is 2.19. The number of nitrogens with zero attached hydrogens (tertiary/aromatic N) is 3. The summed E-state index contributed by atoms with van der Waals surface area (Å²) in [6.45, 7) is 6.64. The van der Waals surface area contributed by atoms with E-state index in [2.05, 4.69) is 47.1 Å². The summed E-state index contributed by atoms with van der Waals surface area (Å²) in [5, 5.41) is 3.43. The van der Waals surface area contributed by atoms with Crippen LogP contribution in [-0.2, 0) is 0 Å². The first-order valence-corrected chi connectivity index (χ1v) is 7.01. The molecule has 0 aliphatic rings. The largest absolute Gasteiger partial charge is 0.478 e. The van der Waals surface area contributed by atoms with Gasteiger partial charge in [0.15, 0.2) is 5.82 Å². The number of hydrogen-bond acceptors (Lipinski definition) is 5. The van der Waals surface area contributed by atoms with Crippen molar-refractivity contribution in [3.05, 3.63) is 42.5 Å². The van der Waals surface area contributed by atoms with Crippen molar-refractivity contribution >= 4 is 5.82 Å². The Bertz CT molecular complexity index is 566. The standard InChI is InChI=1S/C16H22N4O/c1-16(2,3)10-13(12-6-5-7-17-11-12)20-14-15(21-4)19-9-8-18-14/h5-9,11,13H,10H2,1-4H3,(H,18,20). The van der Waals surface area contributed by atoms with Crippen LogP contribution in [0.4, 0.5) is 5.82 Å². The summed E-state index contributed by atoms with van der Waals surface area (Å²) in [6, 6.07) is 4.11. The first kappa shape index (κ1) is 15.2. The highest BCUT2D eigenvalue weighted by Crippen LogP contribution is 2.33. The van der Waals surface area contributed by atoms with E-state index in [4.69, 9.17) is 4.74 Å². The molecule has 1 unspecified atom stereocenters. The molecule has 21 heavy (non-hydrogen) atoms. The lowest BCUT2D eigenvalue weighted by molar-refractivity contribution is 0.350. The number of nitrogens with one attached hydrogen (secondary N) is 1. The molecule has 2 rings (SSSR count). The van der Waals surface area contributed by atoms with Crippen LogP contribution in [0.5, 0.6) is 5.88 Å². The van der Waals surface area contributed by atoms with Crippen molar-refractivity contribution in [2.45, 2.75) is 33.2 Å². The van der Waals surface area contributed by atoms with Crippen LogP contribution in [0.2, 0.25) is 0 Å². The van der Waals surface area contributed by atoms with E-state index in [1.165, 1.54) is 0 Å². The van der Waals surface area contributed by atoms with Gasteiger partial charge in [-0.25, -0.2) is 9.97 Å². The van der Waals surface area contributed by atoms with Crippen LogP contribution >= 0.6 is 0 Å². The Morgan fingerprint density at radius 2 is 1.95 bits per heavy atom. The van der Waals surface area contributed by atoms with Gasteiger partial charge in [-0.2, -0.15) is 0 Å². The number of ether oxygens (including phenoxy) is 1. The van der Waals surface area contributed by atoms with E-state index < -0.39 is 0 Å². The topological polar surface area (TPSA) is 59.9 Å². The monoisotopic (exact) mass is 286 g/mol. The zero-order valence-corrected chi connectivity index (χ0v) is 13.0. The van der Waals surface area contributed by atoms with Gasteiger partial charge >= 0.3 is 0 Å². The first-order valence-electron chi connectivity index (χ1n) is 7.01. The molecule has 0 aromatic carbocycles. The average molecular weight is 286 g/mol. The molecule has 5 heteroatoms. The van der Waals surface area contributed by atoms with E-state index in [9.17, 15) is 0 Å². The zero-order valence-electron chi connectivity index (χ0n) is 13.0. The van der Waals surface area contributed by atoms with Gasteiger partial charge in [-0.3, -0.25) is 4.98 Å². The fraction of sp³-hybridized carbons (Fsp3) is 0.438. The van der Waals surface area contributed by atoms with Gasteiger partial charge in [-0.05, 0) is 23.5 Å². The highest BCUT2D eigenvalue weighted by Gasteiger charge is 2.22. The van der Waals surface area contributed by atoms with Crippen molar-refractivity contribution in [2.24, 2.45) is 5.41 Å². The maximum Gasteiger partial charge on any atom is 0.257 e. The normalized spacial score (nSPS) is 12.8. The van der Waals surface area contributed by atoms with E-state index in [1.54, 1.807) is 25.7 Å². The summed E-state index contributed by atoms with van der Waals surface area (Å²) in [4.78, 5) is 12.7. The maximum atomic E-state index is 5.26. The minimum atomic E-state index is 0.101. The molecule has 0 radical (unpaired) electrons. The van der Waals surface area contributed by atoms with Crippen LogP contribution in [0.3, 0.4) is 0 Å². The fourth-order valence-corrected chi connectivity index (χ4v) is 2.19. The predicted molar refractivity (Wildman–Crippen MR) is 83.3 cm³/mol. The summed E-state index contributed by atoms with van der Waals surface area (Å²) in [5.41, 5.74) is 1.29. The first-order chi connectivity index (χ1) is 9.99. The molecule has 0 saturated heterocycles. The van der Waals surface area contributed by atoms with Crippen LogP contribution in [0, 0.1) is 5.41 Å². The second-order valence-corrected chi connectivity index (χ2v) is 6.16. The van der Waals surface area contributed by atoms with Crippen LogP contribution in [0.15, 0.2) is 36.9 Å². The Kier molecular flexibility index (Phi) is 4.73. The van der Waals surface area contributed by atoms with Crippen LogP contribution in [0.1, 0.15) is 38.8 Å². The van der Waals surface area contributed by atoms with Gasteiger partial charge in [0.1, 0.15) is 0 Å². The lowest BCUT2D eigenvalue weighted by Crippen LogP contribution is -2.19.